The van der Waals surface area contributed by atoms with E-state index in [0.717, 1.165) is 55.6 Å². The molecule has 2 aliphatic carbocycles. The number of rotatable bonds is 4. The van der Waals surface area contributed by atoms with Gasteiger partial charge in [0.1, 0.15) is 5.76 Å². The van der Waals surface area contributed by atoms with Gasteiger partial charge in [0.2, 0.25) is 0 Å². The van der Waals surface area contributed by atoms with Crippen LogP contribution in [0.4, 0.5) is 0 Å². The average Bonchev–Trinajstić information content (AvgIpc) is 3.19. The molecule has 5 heteroatoms. The van der Waals surface area contributed by atoms with Gasteiger partial charge >= 0.3 is 5.91 Å². The monoisotopic (exact) mass is 331 g/mol. The van der Waals surface area contributed by atoms with Crippen LogP contribution in [0.3, 0.4) is 0 Å². The molecule has 0 atom stereocenters. The molecule has 0 N–H and O–H groups in total. The Hall–Kier alpha value is -1.36. The first-order chi connectivity index (χ1) is 11.6. The highest BCUT2D eigenvalue weighted by Crippen LogP contribution is 2.32. The van der Waals surface area contributed by atoms with Crippen molar-refractivity contribution in [3.63, 3.8) is 0 Å². The van der Waals surface area contributed by atoms with E-state index in [2.05, 4.69) is 16.8 Å². The molecular weight excluding hydrogens is 302 g/mol. The summed E-state index contributed by atoms with van der Waals surface area (Å²) in [4.78, 5) is 21.5. The van der Waals surface area contributed by atoms with Crippen molar-refractivity contribution in [2.24, 2.45) is 11.8 Å². The predicted molar refractivity (Wildman–Crippen MR) is 91.7 cm³/mol. The van der Waals surface area contributed by atoms with Crippen molar-refractivity contribution in [2.75, 3.05) is 20.1 Å². The van der Waals surface area contributed by atoms with E-state index in [1.165, 1.54) is 32.2 Å². The maximum absolute atomic E-state index is 12.6. The van der Waals surface area contributed by atoms with E-state index in [-0.39, 0.29) is 5.91 Å². The number of hydrogen-bond donors (Lipinski definition) is 0. The smallest absolute Gasteiger partial charge is 0.309 e. The van der Waals surface area contributed by atoms with Crippen LogP contribution in [0.25, 0.3) is 0 Å². The Morgan fingerprint density at radius 2 is 2.08 bits per heavy atom. The molecule has 0 aromatic carbocycles. The second kappa shape index (κ2) is 6.51. The Bertz CT molecular complexity index is 600. The van der Waals surface area contributed by atoms with Gasteiger partial charge < -0.3 is 9.32 Å². The topological polar surface area (TPSA) is 49.6 Å². The fourth-order valence-electron chi connectivity index (χ4n) is 4.55. The van der Waals surface area contributed by atoms with Crippen LogP contribution in [0, 0.1) is 11.8 Å². The lowest BCUT2D eigenvalue weighted by Gasteiger charge is -2.38. The Morgan fingerprint density at radius 3 is 2.79 bits per heavy atom. The van der Waals surface area contributed by atoms with Crippen molar-refractivity contribution in [1.29, 1.82) is 0 Å². The molecule has 0 radical (unpaired) electrons. The van der Waals surface area contributed by atoms with Crippen LogP contribution in [0.2, 0.25) is 0 Å². The minimum absolute atomic E-state index is 0.0522. The fraction of sp³-hybridized carbons (Fsp3) is 0.789. The van der Waals surface area contributed by atoms with Crippen molar-refractivity contribution in [2.45, 2.75) is 64.5 Å². The van der Waals surface area contributed by atoms with E-state index in [0.29, 0.717) is 11.9 Å². The third kappa shape index (κ3) is 3.10. The maximum Gasteiger partial charge on any atom is 0.309 e. The summed E-state index contributed by atoms with van der Waals surface area (Å²) in [6.45, 7) is 5.28. The molecule has 2 fully saturated rings. The molecule has 5 nitrogen and oxygen atoms in total. The highest BCUT2D eigenvalue weighted by atomic mass is 16.4. The van der Waals surface area contributed by atoms with E-state index in [1.54, 1.807) is 0 Å². The van der Waals surface area contributed by atoms with Crippen molar-refractivity contribution >= 4 is 5.91 Å². The van der Waals surface area contributed by atoms with E-state index >= 15 is 0 Å². The summed E-state index contributed by atoms with van der Waals surface area (Å²) in [5.41, 5.74) is 0.984. The molecule has 2 heterocycles. The van der Waals surface area contributed by atoms with E-state index in [9.17, 15) is 4.79 Å². The van der Waals surface area contributed by atoms with Crippen LogP contribution < -0.4 is 0 Å². The van der Waals surface area contributed by atoms with E-state index < -0.39 is 0 Å². The molecule has 0 spiro atoms. The van der Waals surface area contributed by atoms with Gasteiger partial charge in [0.15, 0.2) is 0 Å². The van der Waals surface area contributed by atoms with Gasteiger partial charge in [0.05, 0.1) is 5.69 Å². The molecule has 24 heavy (non-hydrogen) atoms. The van der Waals surface area contributed by atoms with Crippen LogP contribution in [0.1, 0.15) is 67.6 Å². The largest absolute Gasteiger partial charge is 0.437 e. The summed E-state index contributed by atoms with van der Waals surface area (Å²) >= 11 is 0. The van der Waals surface area contributed by atoms with Gasteiger partial charge in [0, 0.05) is 39.1 Å². The second-order valence-corrected chi connectivity index (χ2v) is 8.17. The van der Waals surface area contributed by atoms with Crippen molar-refractivity contribution in [3.8, 4) is 0 Å². The first-order valence-electron chi connectivity index (χ1n) is 9.58. The number of amides is 1. The molecule has 2 saturated carbocycles. The lowest BCUT2D eigenvalue weighted by Crippen LogP contribution is -2.44. The zero-order valence-corrected chi connectivity index (χ0v) is 15.0. The zero-order valence-electron chi connectivity index (χ0n) is 15.0. The summed E-state index contributed by atoms with van der Waals surface area (Å²) in [6.07, 6.45) is 8.59. The van der Waals surface area contributed by atoms with Gasteiger partial charge in [-0.25, -0.2) is 4.98 Å². The second-order valence-electron chi connectivity index (χ2n) is 8.17. The maximum atomic E-state index is 12.6. The summed E-state index contributed by atoms with van der Waals surface area (Å²) in [5, 5.41) is 0. The minimum atomic E-state index is -0.0522. The molecular formula is C19H29N3O2. The molecule has 0 unspecified atom stereocenters. The molecule has 1 aliphatic heterocycles. The van der Waals surface area contributed by atoms with Crippen LogP contribution in [0.15, 0.2) is 4.42 Å². The lowest BCUT2D eigenvalue weighted by molar-refractivity contribution is 0.0531. The molecule has 1 aromatic rings. The minimum Gasteiger partial charge on any atom is -0.437 e. The van der Waals surface area contributed by atoms with E-state index in [4.69, 9.17) is 4.42 Å². The quantitative estimate of drug-likeness (QED) is 0.851. The van der Waals surface area contributed by atoms with Gasteiger partial charge in [0.25, 0.3) is 5.89 Å². The molecule has 1 aromatic heterocycles. The van der Waals surface area contributed by atoms with Crippen LogP contribution in [-0.4, -0.2) is 46.9 Å². The van der Waals surface area contributed by atoms with Crippen LogP contribution >= 0.6 is 0 Å². The van der Waals surface area contributed by atoms with Gasteiger partial charge in [-0.2, -0.15) is 0 Å². The van der Waals surface area contributed by atoms with Gasteiger partial charge in [-0.15, -0.1) is 0 Å². The number of carbonyl (C=O) groups excluding carboxylic acids is 1. The standard InChI is InChI=1S/C19H29N3O2/c1-13-9-15(10-13)21(2)19(23)18-20-16-12-22(8-7-17(16)24-18)11-14-5-3-4-6-14/h13-15H,3-12H2,1-2H3. The van der Waals surface area contributed by atoms with Gasteiger partial charge in [-0.1, -0.05) is 19.8 Å². The van der Waals surface area contributed by atoms with Crippen molar-refractivity contribution in [3.05, 3.63) is 17.3 Å². The molecule has 0 saturated heterocycles. The molecule has 132 valence electrons. The highest BCUT2D eigenvalue weighted by molar-refractivity contribution is 5.89. The predicted octanol–water partition coefficient (Wildman–Crippen LogP) is 3.09. The average molecular weight is 331 g/mol. The van der Waals surface area contributed by atoms with E-state index in [1.807, 2.05) is 11.9 Å². The number of aromatic nitrogens is 1. The van der Waals surface area contributed by atoms with Crippen molar-refractivity contribution < 1.29 is 9.21 Å². The summed E-state index contributed by atoms with van der Waals surface area (Å²) in [7, 11) is 1.88. The van der Waals surface area contributed by atoms with Crippen molar-refractivity contribution in [1.82, 2.24) is 14.8 Å². The molecule has 0 bridgehead atoms. The fourth-order valence-corrected chi connectivity index (χ4v) is 4.55. The third-order valence-corrected chi connectivity index (χ3v) is 6.20. The van der Waals surface area contributed by atoms with Gasteiger partial charge in [-0.05, 0) is 37.5 Å². The normalized spacial score (nSPS) is 27.8. The lowest BCUT2D eigenvalue weighted by atomic mass is 9.81. The first-order valence-corrected chi connectivity index (χ1v) is 9.58. The van der Waals surface area contributed by atoms with Crippen LogP contribution in [0.5, 0.6) is 0 Å². The molecule has 1 amide bonds. The Morgan fingerprint density at radius 1 is 1.33 bits per heavy atom. The number of hydrogen-bond acceptors (Lipinski definition) is 4. The Kier molecular flexibility index (Phi) is 4.37. The first kappa shape index (κ1) is 16.1. The number of oxazole rings is 1. The highest BCUT2D eigenvalue weighted by Gasteiger charge is 2.34. The number of nitrogens with zero attached hydrogens (tertiary/aromatic N) is 3. The Labute approximate surface area is 144 Å². The molecule has 3 aliphatic rings. The zero-order chi connectivity index (χ0) is 16.7. The molecule has 4 rings (SSSR count). The van der Waals surface area contributed by atoms with Crippen LogP contribution in [-0.2, 0) is 13.0 Å². The van der Waals surface area contributed by atoms with Gasteiger partial charge in [-0.3, -0.25) is 9.69 Å². The summed E-state index contributed by atoms with van der Waals surface area (Å²) in [6, 6.07) is 0.357. The third-order valence-electron chi connectivity index (χ3n) is 6.20. The number of carbonyl (C=O) groups is 1. The Balaban J connectivity index is 1.39. The SMILES string of the molecule is CC1CC(N(C)C(=O)c2nc3c(o2)CCN(CC2CCCC2)C3)C1. The summed E-state index contributed by atoms with van der Waals surface area (Å²) < 4.78 is 5.82. The summed E-state index contributed by atoms with van der Waals surface area (Å²) in [5.74, 6) is 2.75. The number of fused-ring (bicyclic) bond motifs is 1.